The zero-order valence-corrected chi connectivity index (χ0v) is 21.5. The second-order valence-corrected chi connectivity index (χ2v) is 10.6. The minimum absolute atomic E-state index is 0.0562. The number of alkyl halides is 8. The molecular weight excluding hydrogens is 596 g/mol. The van der Waals surface area contributed by atoms with Crippen LogP contribution in [0.3, 0.4) is 0 Å². The molecule has 1 aliphatic rings. The van der Waals surface area contributed by atoms with E-state index in [4.69, 9.17) is 11.6 Å². The molecule has 4 aromatic rings. The van der Waals surface area contributed by atoms with Crippen molar-refractivity contribution in [3.63, 3.8) is 0 Å². The summed E-state index contributed by atoms with van der Waals surface area (Å²) in [6, 6.07) is 6.65. The molecule has 1 fully saturated rings. The van der Waals surface area contributed by atoms with Gasteiger partial charge in [-0.2, -0.15) is 45.3 Å². The van der Waals surface area contributed by atoms with E-state index in [9.17, 15) is 39.9 Å². The lowest BCUT2D eigenvalue weighted by molar-refractivity contribution is -0.292. The van der Waals surface area contributed by atoms with E-state index in [2.05, 4.69) is 20.5 Å². The Labute approximate surface area is 228 Å². The number of rotatable bonds is 6. The third-order valence-electron chi connectivity index (χ3n) is 6.23. The number of thiophene rings is 1. The van der Waals surface area contributed by atoms with E-state index in [1.807, 2.05) is 0 Å². The van der Waals surface area contributed by atoms with Gasteiger partial charge in [0.05, 0.1) is 23.0 Å². The van der Waals surface area contributed by atoms with Crippen molar-refractivity contribution < 1.29 is 39.9 Å². The maximum absolute atomic E-state index is 14.0. The Morgan fingerprint density at radius 2 is 1.82 bits per heavy atom. The van der Waals surface area contributed by atoms with Gasteiger partial charge in [-0.15, -0.1) is 11.3 Å². The quantitative estimate of drug-likeness (QED) is 0.254. The number of carbonyl (C=O) groups is 1. The van der Waals surface area contributed by atoms with Crippen LogP contribution >= 0.6 is 22.9 Å². The largest absolute Gasteiger partial charge is 0.459 e. The molecule has 7 nitrogen and oxygen atoms in total. The summed E-state index contributed by atoms with van der Waals surface area (Å²) in [4.78, 5) is 17.6. The zero-order valence-electron chi connectivity index (χ0n) is 19.9. The average Bonchev–Trinajstić information content (AvgIpc) is 3.18. The number of hydrogen-bond acceptors (Lipinski definition) is 5. The molecule has 40 heavy (non-hydrogen) atoms. The van der Waals surface area contributed by atoms with Crippen LogP contribution in [0.25, 0.3) is 16.3 Å². The second-order valence-electron chi connectivity index (χ2n) is 8.96. The molecule has 5 rings (SSSR count). The fraction of sp³-hybridized carbons (Fsp3) is 0.304. The maximum Gasteiger partial charge on any atom is 0.459 e. The molecule has 17 heteroatoms. The molecule has 1 aliphatic carbocycles. The van der Waals surface area contributed by atoms with Crippen molar-refractivity contribution in [1.29, 1.82) is 0 Å². The van der Waals surface area contributed by atoms with Crippen molar-refractivity contribution >= 4 is 28.8 Å². The fourth-order valence-electron chi connectivity index (χ4n) is 4.13. The first kappa shape index (κ1) is 28.0. The first-order valence-corrected chi connectivity index (χ1v) is 12.4. The number of carbonyl (C=O) groups excluding carboxylic acids is 1. The van der Waals surface area contributed by atoms with Gasteiger partial charge in [0.25, 0.3) is 5.91 Å². The molecule has 1 amide bonds. The van der Waals surface area contributed by atoms with Crippen LogP contribution in [0.15, 0.2) is 42.9 Å². The number of pyridine rings is 1. The highest BCUT2D eigenvalue weighted by Gasteiger charge is 2.64. The molecule has 0 aromatic carbocycles. The number of nitrogens with zero attached hydrogens (tertiary/aromatic N) is 5. The number of aromatic nitrogens is 5. The van der Waals surface area contributed by atoms with Crippen LogP contribution in [-0.2, 0) is 24.7 Å². The van der Waals surface area contributed by atoms with Crippen molar-refractivity contribution in [2.45, 2.75) is 36.7 Å². The smallest absolute Gasteiger partial charge is 0.341 e. The number of halogens is 9. The lowest BCUT2D eigenvalue weighted by atomic mass is 10.1. The van der Waals surface area contributed by atoms with Gasteiger partial charge in [0.2, 0.25) is 0 Å². The Hall–Kier alpha value is -3.53. The van der Waals surface area contributed by atoms with E-state index in [0.717, 1.165) is 30.8 Å². The highest BCUT2D eigenvalue weighted by molar-refractivity contribution is 7.19. The molecular formula is C23H15ClF8N6OS. The van der Waals surface area contributed by atoms with Crippen molar-refractivity contribution in [3.8, 4) is 16.3 Å². The molecule has 1 saturated carbocycles. The van der Waals surface area contributed by atoms with Gasteiger partial charge in [0.15, 0.2) is 11.5 Å². The van der Waals surface area contributed by atoms with E-state index < -0.39 is 46.8 Å². The molecule has 0 radical (unpaired) electrons. The van der Waals surface area contributed by atoms with Crippen molar-refractivity contribution in [1.82, 2.24) is 29.9 Å². The molecule has 0 spiro atoms. The number of nitrogens with one attached hydrogen (secondary N) is 1. The molecule has 0 aliphatic heterocycles. The van der Waals surface area contributed by atoms with Crippen LogP contribution in [0.1, 0.15) is 40.2 Å². The summed E-state index contributed by atoms with van der Waals surface area (Å²) in [5.74, 6) is -7.57. The third-order valence-corrected chi connectivity index (χ3v) is 7.63. The van der Waals surface area contributed by atoms with E-state index >= 15 is 0 Å². The lowest BCUT2D eigenvalue weighted by Gasteiger charge is -2.19. The number of amides is 1. The van der Waals surface area contributed by atoms with Gasteiger partial charge in [-0.3, -0.25) is 9.78 Å². The molecule has 4 heterocycles. The third kappa shape index (κ3) is 4.72. The van der Waals surface area contributed by atoms with Gasteiger partial charge in [-0.25, -0.2) is 9.36 Å². The number of hydrogen-bond donors (Lipinski definition) is 1. The summed E-state index contributed by atoms with van der Waals surface area (Å²) in [5, 5.41) is 9.50. The molecule has 0 saturated heterocycles. The number of aryl methyl sites for hydroxylation is 1. The van der Waals surface area contributed by atoms with E-state index in [0.29, 0.717) is 23.2 Å². The summed E-state index contributed by atoms with van der Waals surface area (Å²) >= 11 is 7.17. The molecule has 0 unspecified atom stereocenters. The lowest BCUT2D eigenvalue weighted by Crippen LogP contribution is -2.36. The highest BCUT2D eigenvalue weighted by Crippen LogP contribution is 2.49. The van der Waals surface area contributed by atoms with Crippen LogP contribution in [0.2, 0.25) is 4.34 Å². The summed E-state index contributed by atoms with van der Waals surface area (Å²) in [7, 11) is 0.779. The fourth-order valence-corrected chi connectivity index (χ4v) is 5.37. The standard InChI is InChI=1S/C23H15ClF8N6OS/c1-37-19(15(22(27,28)29)16(36-37)21(25,26)23(30,31)32)38-10-11(9-34-38)13-8-12(17(24)40-13)18(39)35-20(5-6-20)14-4-2-3-7-33-14/h2-4,7-10H,5-6H2,1H3,(H,35,39). The maximum atomic E-state index is 14.0. The minimum atomic E-state index is -6.33. The van der Waals surface area contributed by atoms with Gasteiger partial charge >= 0.3 is 18.3 Å². The van der Waals surface area contributed by atoms with Crippen LogP contribution < -0.4 is 5.32 Å². The average molecular weight is 611 g/mol. The van der Waals surface area contributed by atoms with Gasteiger partial charge in [-0.05, 0) is 31.0 Å². The van der Waals surface area contributed by atoms with E-state index in [1.54, 1.807) is 24.4 Å². The van der Waals surface area contributed by atoms with Crippen LogP contribution in [0, 0.1) is 0 Å². The summed E-state index contributed by atoms with van der Waals surface area (Å²) in [6.07, 6.45) is -7.04. The van der Waals surface area contributed by atoms with Crippen molar-refractivity contribution in [2.75, 3.05) is 0 Å². The van der Waals surface area contributed by atoms with Gasteiger partial charge in [0.1, 0.15) is 9.90 Å². The SMILES string of the molecule is Cn1nc(C(F)(F)C(F)(F)F)c(C(F)(F)F)c1-n1cc(-c2cc(C(=O)NC3(c4ccccn4)CC3)c(Cl)s2)cn1. The summed E-state index contributed by atoms with van der Waals surface area (Å²) in [5.41, 5.74) is -4.58. The topological polar surface area (TPSA) is 77.6 Å². The molecule has 1 N–H and O–H groups in total. The minimum Gasteiger partial charge on any atom is -0.341 e. The van der Waals surface area contributed by atoms with Crippen LogP contribution in [-0.4, -0.2) is 36.6 Å². The first-order chi connectivity index (χ1) is 18.5. The van der Waals surface area contributed by atoms with Crippen molar-refractivity contribution in [2.24, 2.45) is 7.05 Å². The summed E-state index contributed by atoms with van der Waals surface area (Å²) < 4.78 is 109. The molecule has 0 bridgehead atoms. The Bertz CT molecular complexity index is 1590. The molecule has 4 aromatic heterocycles. The monoisotopic (exact) mass is 610 g/mol. The molecule has 0 atom stereocenters. The second kappa shape index (κ2) is 9.26. The molecule has 212 valence electrons. The predicted octanol–water partition coefficient (Wildman–Crippen LogP) is 6.47. The van der Waals surface area contributed by atoms with Gasteiger partial charge in [0, 0.05) is 29.9 Å². The van der Waals surface area contributed by atoms with Crippen LogP contribution in [0.4, 0.5) is 35.1 Å². The highest BCUT2D eigenvalue weighted by atomic mass is 35.5. The Kier molecular flexibility index (Phi) is 6.48. The Morgan fingerprint density at radius 3 is 2.40 bits per heavy atom. The summed E-state index contributed by atoms with van der Waals surface area (Å²) in [6.45, 7) is 0. The Balaban J connectivity index is 1.48. The normalized spacial score (nSPS) is 15.3. The predicted molar refractivity (Wildman–Crippen MR) is 126 cm³/mol. The first-order valence-electron chi connectivity index (χ1n) is 11.2. The zero-order chi connectivity index (χ0) is 29.3. The van der Waals surface area contributed by atoms with E-state index in [-0.39, 0.29) is 25.0 Å². The van der Waals surface area contributed by atoms with E-state index in [1.165, 1.54) is 6.07 Å². The van der Waals surface area contributed by atoms with Gasteiger partial charge < -0.3 is 5.32 Å². The van der Waals surface area contributed by atoms with Crippen LogP contribution in [0.5, 0.6) is 0 Å². The Morgan fingerprint density at radius 1 is 1.12 bits per heavy atom. The van der Waals surface area contributed by atoms with Gasteiger partial charge in [-0.1, -0.05) is 17.7 Å². The van der Waals surface area contributed by atoms with Crippen molar-refractivity contribution in [3.05, 3.63) is 69.7 Å².